The average Bonchev–Trinajstić information content (AvgIpc) is 2.19. The van der Waals surface area contributed by atoms with E-state index in [1.807, 2.05) is 0 Å². The molecule has 0 unspecified atom stereocenters. The normalized spacial score (nSPS) is 9.69. The van der Waals surface area contributed by atoms with Gasteiger partial charge < -0.3 is 4.74 Å². The van der Waals surface area contributed by atoms with Crippen molar-refractivity contribution in [3.05, 3.63) is 29.8 Å². The predicted molar refractivity (Wildman–Crippen MR) is 47.7 cm³/mol. The molecule has 0 aliphatic rings. The second-order valence-corrected chi connectivity index (χ2v) is 2.70. The second kappa shape index (κ2) is 4.60. The van der Waals surface area contributed by atoms with Crippen LogP contribution in [-0.4, -0.2) is 19.6 Å². The standard InChI is InChI=1S/C10H11FO2/c1-13-10-4-2-8(3-5-10)6-9(12)7-11/h2-5H,6-7H2,1H3. The molecule has 0 heterocycles. The van der Waals surface area contributed by atoms with Gasteiger partial charge in [0.2, 0.25) is 0 Å². The van der Waals surface area contributed by atoms with Crippen LogP contribution in [0.4, 0.5) is 4.39 Å². The number of ketones is 1. The summed E-state index contributed by atoms with van der Waals surface area (Å²) in [7, 11) is 1.57. The molecule has 0 bridgehead atoms. The Kier molecular flexibility index (Phi) is 3.43. The van der Waals surface area contributed by atoms with Crippen LogP contribution >= 0.6 is 0 Å². The Balaban J connectivity index is 2.64. The van der Waals surface area contributed by atoms with Crippen LogP contribution in [0, 0.1) is 0 Å². The zero-order chi connectivity index (χ0) is 9.68. The molecule has 1 aromatic carbocycles. The van der Waals surface area contributed by atoms with Crippen molar-refractivity contribution in [2.75, 3.05) is 13.8 Å². The number of ether oxygens (including phenoxy) is 1. The molecule has 0 fully saturated rings. The van der Waals surface area contributed by atoms with Crippen molar-refractivity contribution in [3.8, 4) is 5.75 Å². The minimum absolute atomic E-state index is 0.153. The lowest BCUT2D eigenvalue weighted by Crippen LogP contribution is -2.03. The molecule has 0 aromatic heterocycles. The van der Waals surface area contributed by atoms with Crippen LogP contribution in [-0.2, 0) is 11.2 Å². The topological polar surface area (TPSA) is 26.3 Å². The first-order valence-electron chi connectivity index (χ1n) is 3.97. The summed E-state index contributed by atoms with van der Waals surface area (Å²) in [4.78, 5) is 10.7. The van der Waals surface area contributed by atoms with Gasteiger partial charge in [0, 0.05) is 6.42 Å². The molecule has 70 valence electrons. The van der Waals surface area contributed by atoms with Crippen molar-refractivity contribution in [2.45, 2.75) is 6.42 Å². The highest BCUT2D eigenvalue weighted by Gasteiger charge is 2.02. The Morgan fingerprint density at radius 3 is 2.46 bits per heavy atom. The molecule has 0 N–H and O–H groups in total. The first kappa shape index (κ1) is 9.71. The van der Waals surface area contributed by atoms with Gasteiger partial charge in [0.1, 0.15) is 12.4 Å². The minimum atomic E-state index is -0.897. The fourth-order valence-electron chi connectivity index (χ4n) is 1.02. The van der Waals surface area contributed by atoms with Gasteiger partial charge in [0.15, 0.2) is 5.78 Å². The zero-order valence-electron chi connectivity index (χ0n) is 7.42. The van der Waals surface area contributed by atoms with Crippen LogP contribution in [0.1, 0.15) is 5.56 Å². The predicted octanol–water partition coefficient (Wildman–Crippen LogP) is 1.78. The van der Waals surface area contributed by atoms with Crippen molar-refractivity contribution in [3.63, 3.8) is 0 Å². The lowest BCUT2D eigenvalue weighted by molar-refractivity contribution is -0.119. The van der Waals surface area contributed by atoms with Gasteiger partial charge in [-0.3, -0.25) is 4.79 Å². The summed E-state index contributed by atoms with van der Waals surface area (Å²) in [6.07, 6.45) is 0.153. The van der Waals surface area contributed by atoms with Crippen LogP contribution < -0.4 is 4.74 Å². The first-order chi connectivity index (χ1) is 6.26. The van der Waals surface area contributed by atoms with Gasteiger partial charge in [-0.15, -0.1) is 0 Å². The number of methoxy groups -OCH3 is 1. The van der Waals surface area contributed by atoms with Gasteiger partial charge in [-0.25, -0.2) is 4.39 Å². The molecule has 0 aliphatic heterocycles. The molecule has 0 radical (unpaired) electrons. The monoisotopic (exact) mass is 182 g/mol. The van der Waals surface area contributed by atoms with E-state index in [-0.39, 0.29) is 6.42 Å². The van der Waals surface area contributed by atoms with E-state index in [2.05, 4.69) is 0 Å². The maximum absolute atomic E-state index is 11.8. The molecular formula is C10H11FO2. The number of carbonyl (C=O) groups is 1. The largest absolute Gasteiger partial charge is 0.497 e. The Morgan fingerprint density at radius 1 is 1.38 bits per heavy atom. The quantitative estimate of drug-likeness (QED) is 0.709. The van der Waals surface area contributed by atoms with E-state index >= 15 is 0 Å². The number of hydrogen-bond donors (Lipinski definition) is 0. The van der Waals surface area contributed by atoms with Gasteiger partial charge in [0.05, 0.1) is 7.11 Å². The summed E-state index contributed by atoms with van der Waals surface area (Å²) in [6.45, 7) is -0.897. The summed E-state index contributed by atoms with van der Waals surface area (Å²) in [5, 5.41) is 0. The lowest BCUT2D eigenvalue weighted by Gasteiger charge is -2.01. The van der Waals surface area contributed by atoms with Crippen LogP contribution in [0.2, 0.25) is 0 Å². The van der Waals surface area contributed by atoms with E-state index in [4.69, 9.17) is 4.74 Å². The molecule has 0 saturated carbocycles. The summed E-state index contributed by atoms with van der Waals surface area (Å²) in [6, 6.07) is 7.01. The molecule has 0 saturated heterocycles. The minimum Gasteiger partial charge on any atom is -0.497 e. The third kappa shape index (κ3) is 2.86. The molecule has 0 spiro atoms. The van der Waals surface area contributed by atoms with E-state index in [1.165, 1.54) is 0 Å². The van der Waals surface area contributed by atoms with E-state index in [1.54, 1.807) is 31.4 Å². The molecule has 1 rings (SSSR count). The van der Waals surface area contributed by atoms with Crippen molar-refractivity contribution < 1.29 is 13.9 Å². The Hall–Kier alpha value is -1.38. The van der Waals surface area contributed by atoms with E-state index in [0.717, 1.165) is 11.3 Å². The summed E-state index contributed by atoms with van der Waals surface area (Å²) < 4.78 is 16.8. The molecule has 13 heavy (non-hydrogen) atoms. The Morgan fingerprint density at radius 2 is 2.00 bits per heavy atom. The van der Waals surface area contributed by atoms with Crippen molar-refractivity contribution >= 4 is 5.78 Å². The third-order valence-corrected chi connectivity index (χ3v) is 1.71. The van der Waals surface area contributed by atoms with Crippen molar-refractivity contribution in [2.24, 2.45) is 0 Å². The summed E-state index contributed by atoms with van der Waals surface area (Å²) in [5.74, 6) is 0.335. The smallest absolute Gasteiger partial charge is 0.168 e. The number of halogens is 1. The van der Waals surface area contributed by atoms with Gasteiger partial charge in [-0.05, 0) is 17.7 Å². The molecule has 3 heteroatoms. The Labute approximate surface area is 76.3 Å². The molecule has 0 aliphatic carbocycles. The Bertz CT molecular complexity index is 279. The van der Waals surface area contributed by atoms with Crippen LogP contribution in [0.5, 0.6) is 5.75 Å². The molecule has 2 nitrogen and oxygen atoms in total. The lowest BCUT2D eigenvalue weighted by atomic mass is 10.1. The molecular weight excluding hydrogens is 171 g/mol. The van der Waals surface area contributed by atoms with Gasteiger partial charge in [0.25, 0.3) is 0 Å². The first-order valence-corrected chi connectivity index (χ1v) is 3.97. The highest BCUT2D eigenvalue weighted by molar-refractivity contribution is 5.81. The zero-order valence-corrected chi connectivity index (χ0v) is 7.42. The number of benzene rings is 1. The number of hydrogen-bond acceptors (Lipinski definition) is 2. The fraction of sp³-hybridized carbons (Fsp3) is 0.300. The highest BCUT2D eigenvalue weighted by Crippen LogP contribution is 2.11. The molecule has 0 amide bonds. The van der Waals surface area contributed by atoms with Gasteiger partial charge in [-0.2, -0.15) is 0 Å². The van der Waals surface area contributed by atoms with E-state index in [0.29, 0.717) is 0 Å². The molecule has 0 atom stereocenters. The van der Waals surface area contributed by atoms with E-state index in [9.17, 15) is 9.18 Å². The second-order valence-electron chi connectivity index (χ2n) is 2.70. The summed E-state index contributed by atoms with van der Waals surface area (Å²) in [5.41, 5.74) is 0.809. The molecule has 1 aromatic rings. The van der Waals surface area contributed by atoms with Crippen LogP contribution in [0.25, 0.3) is 0 Å². The SMILES string of the molecule is COc1ccc(CC(=O)CF)cc1. The third-order valence-electron chi connectivity index (χ3n) is 1.71. The van der Waals surface area contributed by atoms with Crippen LogP contribution in [0.3, 0.4) is 0 Å². The van der Waals surface area contributed by atoms with Crippen molar-refractivity contribution in [1.82, 2.24) is 0 Å². The average molecular weight is 182 g/mol. The summed E-state index contributed by atoms with van der Waals surface area (Å²) >= 11 is 0. The maximum atomic E-state index is 11.8. The number of carbonyl (C=O) groups excluding carboxylic acids is 1. The number of rotatable bonds is 4. The fourth-order valence-corrected chi connectivity index (χ4v) is 1.02. The van der Waals surface area contributed by atoms with Gasteiger partial charge >= 0.3 is 0 Å². The van der Waals surface area contributed by atoms with Gasteiger partial charge in [-0.1, -0.05) is 12.1 Å². The number of Topliss-reactive ketones (excluding diaryl/α,β-unsaturated/α-hetero) is 1. The number of alkyl halides is 1. The van der Waals surface area contributed by atoms with Crippen molar-refractivity contribution in [1.29, 1.82) is 0 Å². The van der Waals surface area contributed by atoms with Crippen LogP contribution in [0.15, 0.2) is 24.3 Å². The maximum Gasteiger partial charge on any atom is 0.168 e. The van der Waals surface area contributed by atoms with E-state index < -0.39 is 12.5 Å². The highest BCUT2D eigenvalue weighted by atomic mass is 19.1.